The summed E-state index contributed by atoms with van der Waals surface area (Å²) in [6, 6.07) is 41.9. The number of benzene rings is 5. The van der Waals surface area contributed by atoms with E-state index < -0.39 is 0 Å². The quantitative estimate of drug-likeness (QED) is 0.146. The van der Waals surface area contributed by atoms with Crippen LogP contribution < -0.4 is 5.32 Å². The number of aliphatic imine (C=N–C) groups is 1. The zero-order valence-electron chi connectivity index (χ0n) is 28.5. The highest BCUT2D eigenvalue weighted by Crippen LogP contribution is 2.52. The first-order valence-corrected chi connectivity index (χ1v) is 17.4. The van der Waals surface area contributed by atoms with Crippen LogP contribution in [0.3, 0.4) is 0 Å². The average molecular weight is 660 g/mol. The number of nitriles is 1. The fourth-order valence-corrected chi connectivity index (χ4v) is 7.94. The van der Waals surface area contributed by atoms with Crippen LogP contribution in [-0.4, -0.2) is 11.7 Å². The maximum absolute atomic E-state index is 9.60. The number of fused-ring (bicyclic) bond motifs is 5. The highest BCUT2D eigenvalue weighted by molar-refractivity contribution is 6.25. The number of hydrogen-bond acceptors (Lipinski definition) is 3. The molecule has 0 atom stereocenters. The lowest BCUT2D eigenvalue weighted by Crippen LogP contribution is -2.83. The number of nitrogens with two attached hydrogens (primary N) is 1. The van der Waals surface area contributed by atoms with E-state index in [0.29, 0.717) is 0 Å². The average Bonchev–Trinajstić information content (AvgIpc) is 3.66. The molecule has 51 heavy (non-hydrogen) atoms. The molecule has 5 aromatic carbocycles. The third-order valence-electron chi connectivity index (χ3n) is 10.6. The topological polar surface area (TPSA) is 89.8 Å². The Balaban J connectivity index is 1.07. The van der Waals surface area contributed by atoms with Crippen molar-refractivity contribution in [1.82, 2.24) is 0 Å². The number of rotatable bonds is 4. The van der Waals surface area contributed by atoms with Crippen molar-refractivity contribution in [3.8, 4) is 17.2 Å². The number of nitrogens with one attached hydrogen (secondary N) is 1. The molecule has 1 aromatic heterocycles. The lowest BCUT2D eigenvalue weighted by Gasteiger charge is -2.25. The molecule has 2 heterocycles. The molecule has 3 aliphatic rings. The Hall–Kier alpha value is -6.35. The smallest absolute Gasteiger partial charge is 0.238 e. The Morgan fingerprint density at radius 1 is 0.784 bits per heavy atom. The predicted molar refractivity (Wildman–Crippen MR) is 207 cm³/mol. The van der Waals surface area contributed by atoms with Crippen LogP contribution in [0.15, 0.2) is 154 Å². The molecule has 0 unspecified atom stereocenters. The molecule has 244 valence electrons. The van der Waals surface area contributed by atoms with Crippen molar-refractivity contribution in [3.63, 3.8) is 0 Å². The van der Waals surface area contributed by atoms with Crippen molar-refractivity contribution in [3.05, 3.63) is 173 Å². The summed E-state index contributed by atoms with van der Waals surface area (Å²) in [5, 5.41) is 22.7. The zero-order valence-corrected chi connectivity index (χ0v) is 28.5. The molecule has 0 saturated carbocycles. The monoisotopic (exact) mass is 659 g/mol. The van der Waals surface area contributed by atoms with Crippen LogP contribution in [-0.2, 0) is 5.41 Å². The molecular weight excluding hydrogens is 625 g/mol. The van der Waals surface area contributed by atoms with Crippen molar-refractivity contribution < 1.29 is 9.73 Å². The van der Waals surface area contributed by atoms with Gasteiger partial charge in [0.25, 0.3) is 0 Å². The number of furan rings is 1. The van der Waals surface area contributed by atoms with Gasteiger partial charge in [0, 0.05) is 38.5 Å². The standard InChI is InChI=1S/C46H34N4O/c1-46(2)40-22-28(26-47)16-19-35(40)36-20-17-31(25-41(36)46)34-14-9-15-37-39-23-32(18-21-42(39)51-43(34)37)44(48)50-45-38(30-12-7-4-8-13-30)24-33(27-49-45)29-10-5-3-6-11-29/h3-15,17-18,20-25,27H,16,19H2,1-2H3,(H2,48,49,50)/p+1. The summed E-state index contributed by atoms with van der Waals surface area (Å²) in [6.45, 7) is 4.52. The first kappa shape index (κ1) is 30.7. The summed E-state index contributed by atoms with van der Waals surface area (Å²) in [6.07, 6.45) is 8.05. The predicted octanol–water partition coefficient (Wildman–Crippen LogP) is 9.97. The van der Waals surface area contributed by atoms with Gasteiger partial charge >= 0.3 is 0 Å². The first-order chi connectivity index (χ1) is 24.9. The van der Waals surface area contributed by atoms with E-state index in [2.05, 4.69) is 98.9 Å². The molecular formula is C46H35N4O+. The van der Waals surface area contributed by atoms with E-state index in [4.69, 9.17) is 14.8 Å². The number of hydrogen-bond donors (Lipinski definition) is 2. The van der Waals surface area contributed by atoms with Gasteiger partial charge in [-0.3, -0.25) is 10.7 Å². The van der Waals surface area contributed by atoms with E-state index in [1.165, 1.54) is 22.3 Å². The van der Waals surface area contributed by atoms with Crippen LogP contribution in [0.4, 0.5) is 0 Å². The molecule has 3 N–H and O–H groups in total. The van der Waals surface area contributed by atoms with Crippen molar-refractivity contribution >= 4 is 50.3 Å². The van der Waals surface area contributed by atoms with Gasteiger partial charge in [-0.2, -0.15) is 10.3 Å². The van der Waals surface area contributed by atoms with Gasteiger partial charge in [-0.25, -0.2) is 0 Å². The molecule has 0 amide bonds. The minimum Gasteiger partial charge on any atom is -0.455 e. The van der Waals surface area contributed by atoms with Crippen molar-refractivity contribution in [2.45, 2.75) is 32.1 Å². The Labute approximate surface area is 296 Å². The number of nitrogens with zero attached hydrogens (tertiary/aromatic N) is 2. The SMILES string of the molecule is CC1(C)C2=C(CCC(C#N)=C2)c2ccc(-c3cccc4c3oc3ccc(C(=N)N=C5[NH2+]C=C(c6ccccc6)C=C5c5ccccc5)cc34)cc21. The molecule has 2 aliphatic carbocycles. The van der Waals surface area contributed by atoms with E-state index in [1.54, 1.807) is 0 Å². The van der Waals surface area contributed by atoms with Crippen LogP contribution in [0.1, 0.15) is 54.5 Å². The van der Waals surface area contributed by atoms with E-state index in [9.17, 15) is 5.26 Å². The lowest BCUT2D eigenvalue weighted by atomic mass is 9.78. The van der Waals surface area contributed by atoms with Gasteiger partial charge in [0.15, 0.2) is 5.84 Å². The largest absolute Gasteiger partial charge is 0.455 e. The number of quaternary nitrogens is 1. The Kier molecular flexibility index (Phi) is 7.17. The molecule has 0 saturated heterocycles. The minimum absolute atomic E-state index is 0.189. The summed E-state index contributed by atoms with van der Waals surface area (Å²) >= 11 is 0. The summed E-state index contributed by atoms with van der Waals surface area (Å²) in [5.41, 5.74) is 14.6. The highest BCUT2D eigenvalue weighted by Gasteiger charge is 2.38. The molecule has 9 rings (SSSR count). The van der Waals surface area contributed by atoms with E-state index in [1.807, 2.05) is 59.9 Å². The zero-order chi connectivity index (χ0) is 34.7. The van der Waals surface area contributed by atoms with Gasteiger partial charge < -0.3 is 4.42 Å². The Bertz CT molecular complexity index is 2640. The second kappa shape index (κ2) is 11.9. The fraction of sp³-hybridized carbons (Fsp3) is 0.109. The number of allylic oxidation sites excluding steroid dienone is 6. The summed E-state index contributed by atoms with van der Waals surface area (Å²) in [7, 11) is 0. The van der Waals surface area contributed by atoms with E-state index in [-0.39, 0.29) is 11.3 Å². The van der Waals surface area contributed by atoms with Gasteiger partial charge in [-0.05, 0) is 88.2 Å². The molecule has 1 aliphatic heterocycles. The summed E-state index contributed by atoms with van der Waals surface area (Å²) < 4.78 is 6.56. The highest BCUT2D eigenvalue weighted by atomic mass is 16.3. The van der Waals surface area contributed by atoms with Crippen molar-refractivity contribution in [2.24, 2.45) is 4.99 Å². The fourth-order valence-electron chi connectivity index (χ4n) is 7.94. The normalized spacial score (nSPS) is 17.1. The van der Waals surface area contributed by atoms with E-state index in [0.717, 1.165) is 85.2 Å². The molecule has 0 bridgehead atoms. The van der Waals surface area contributed by atoms with Crippen molar-refractivity contribution in [2.75, 3.05) is 0 Å². The molecule has 6 aromatic rings. The number of amidine groups is 2. The van der Waals surface area contributed by atoms with Crippen LogP contribution in [0.25, 0.3) is 49.8 Å². The molecule has 0 spiro atoms. The van der Waals surface area contributed by atoms with Gasteiger partial charge in [0.2, 0.25) is 5.84 Å². The molecule has 5 heteroatoms. The Morgan fingerprint density at radius 3 is 2.35 bits per heavy atom. The maximum Gasteiger partial charge on any atom is 0.238 e. The minimum atomic E-state index is -0.189. The van der Waals surface area contributed by atoms with Gasteiger partial charge in [0.05, 0.1) is 11.6 Å². The van der Waals surface area contributed by atoms with Gasteiger partial charge in [0.1, 0.15) is 17.4 Å². The lowest BCUT2D eigenvalue weighted by molar-refractivity contribution is -0.458. The van der Waals surface area contributed by atoms with Crippen LogP contribution >= 0.6 is 0 Å². The first-order valence-electron chi connectivity index (χ1n) is 17.4. The maximum atomic E-state index is 9.60. The van der Waals surface area contributed by atoms with Gasteiger partial charge in [-0.1, -0.05) is 105 Å². The van der Waals surface area contributed by atoms with Gasteiger partial charge in [-0.15, -0.1) is 0 Å². The van der Waals surface area contributed by atoms with Crippen LogP contribution in [0.2, 0.25) is 0 Å². The van der Waals surface area contributed by atoms with E-state index >= 15 is 0 Å². The summed E-state index contributed by atoms with van der Waals surface area (Å²) in [4.78, 5) is 4.89. The number of para-hydroxylation sites is 1. The third kappa shape index (κ3) is 5.12. The second-order valence-electron chi connectivity index (χ2n) is 14.0. The van der Waals surface area contributed by atoms with Crippen LogP contribution in [0.5, 0.6) is 0 Å². The van der Waals surface area contributed by atoms with Crippen molar-refractivity contribution in [1.29, 1.82) is 10.7 Å². The third-order valence-corrected chi connectivity index (χ3v) is 10.6. The molecule has 0 radical (unpaired) electrons. The van der Waals surface area contributed by atoms with Crippen LogP contribution in [0, 0.1) is 16.7 Å². The summed E-state index contributed by atoms with van der Waals surface area (Å²) in [5.74, 6) is 0.943. The Morgan fingerprint density at radius 2 is 1.57 bits per heavy atom. The molecule has 0 fully saturated rings. The molecule has 5 nitrogen and oxygen atoms in total. The second-order valence-corrected chi connectivity index (χ2v) is 14.0.